The maximum Gasteiger partial charge on any atom is 0.0836 e. The van der Waals surface area contributed by atoms with Crippen molar-refractivity contribution in [1.82, 2.24) is 5.32 Å². The molecular weight excluding hydrogens is 382 g/mol. The first-order chi connectivity index (χ1) is 14.9. The van der Waals surface area contributed by atoms with Crippen LogP contribution in [0.25, 0.3) is 0 Å². The Bertz CT molecular complexity index is 684. The van der Waals surface area contributed by atoms with Crippen molar-refractivity contribution in [2.45, 2.75) is 129 Å². The van der Waals surface area contributed by atoms with E-state index in [0.29, 0.717) is 23.9 Å². The highest BCUT2D eigenvalue weighted by Gasteiger charge is 2.63. The Balaban J connectivity index is 1.39. The number of aliphatic hydroxyl groups is 2. The molecule has 5 aliphatic rings. The van der Waals surface area contributed by atoms with Crippen molar-refractivity contribution in [3.63, 3.8) is 0 Å². The Kier molecular flexibility index (Phi) is 6.10. The van der Waals surface area contributed by atoms with Gasteiger partial charge in [0.2, 0.25) is 0 Å². The van der Waals surface area contributed by atoms with Crippen LogP contribution in [0, 0.1) is 34.5 Å². The molecule has 176 valence electrons. The van der Waals surface area contributed by atoms with Crippen molar-refractivity contribution in [3.8, 4) is 0 Å². The number of hydrogen-bond acceptors (Lipinski definition) is 3. The minimum absolute atomic E-state index is 0.173. The van der Waals surface area contributed by atoms with Crippen LogP contribution >= 0.6 is 0 Å². The van der Waals surface area contributed by atoms with E-state index in [9.17, 15) is 10.2 Å². The largest absolute Gasteiger partial charge is 0.390 e. The third-order valence-corrected chi connectivity index (χ3v) is 11.3. The van der Waals surface area contributed by atoms with E-state index in [4.69, 9.17) is 0 Å². The van der Waals surface area contributed by atoms with Crippen LogP contribution in [0.15, 0.2) is 11.6 Å². The average Bonchev–Trinajstić information content (AvgIpc) is 3.01. The summed E-state index contributed by atoms with van der Waals surface area (Å²) in [7, 11) is 0. The molecule has 0 bridgehead atoms. The lowest BCUT2D eigenvalue weighted by molar-refractivity contribution is -0.201. The van der Waals surface area contributed by atoms with Crippen LogP contribution in [0.2, 0.25) is 0 Å². The molecule has 0 saturated heterocycles. The summed E-state index contributed by atoms with van der Waals surface area (Å²) in [4.78, 5) is 0. The van der Waals surface area contributed by atoms with Gasteiger partial charge in [-0.3, -0.25) is 0 Å². The maximum absolute atomic E-state index is 11.6. The molecule has 3 nitrogen and oxygen atoms in total. The van der Waals surface area contributed by atoms with Gasteiger partial charge in [-0.05, 0) is 99.2 Å². The van der Waals surface area contributed by atoms with Gasteiger partial charge in [-0.25, -0.2) is 0 Å². The highest BCUT2D eigenvalue weighted by Crippen LogP contribution is 2.67. The Hall–Kier alpha value is -0.380. The van der Waals surface area contributed by atoms with E-state index in [2.05, 4.69) is 32.2 Å². The summed E-state index contributed by atoms with van der Waals surface area (Å²) < 4.78 is 0. The molecule has 5 unspecified atom stereocenters. The molecule has 5 saturated carbocycles. The fourth-order valence-electron chi connectivity index (χ4n) is 9.58. The van der Waals surface area contributed by atoms with Gasteiger partial charge in [0, 0.05) is 12.1 Å². The fraction of sp³-hybridized carbons (Fsp3) is 0.929. The quantitative estimate of drug-likeness (QED) is 0.501. The number of hydrogen-bond donors (Lipinski definition) is 3. The first kappa shape index (κ1) is 22.4. The standard InChI is InChI=1S/C28H47NO2/c1-4-18-12-13-21-24-22(14-16-27(18,21)2)28(3)15-8-11-20(17-23(28)25(30)26(24)31)29-19-9-6-5-7-10-19/h4,19-26,29-31H,5-17H2,1-3H3/b18-4-/t20?,21?,22?,23?,24?,25-,26-,27-,28-/m1/s1. The summed E-state index contributed by atoms with van der Waals surface area (Å²) >= 11 is 0. The minimum atomic E-state index is -0.558. The molecular formula is C28H47NO2. The smallest absolute Gasteiger partial charge is 0.0836 e. The molecule has 3 heteroatoms. The van der Waals surface area contributed by atoms with E-state index in [1.165, 1.54) is 77.0 Å². The minimum Gasteiger partial charge on any atom is -0.390 e. The number of aliphatic hydroxyl groups excluding tert-OH is 2. The van der Waals surface area contributed by atoms with Gasteiger partial charge in [0.05, 0.1) is 12.2 Å². The van der Waals surface area contributed by atoms with E-state index >= 15 is 0 Å². The molecule has 9 atom stereocenters. The van der Waals surface area contributed by atoms with Crippen molar-refractivity contribution >= 4 is 0 Å². The Morgan fingerprint density at radius 3 is 2.29 bits per heavy atom. The van der Waals surface area contributed by atoms with Crippen LogP contribution in [-0.2, 0) is 0 Å². The van der Waals surface area contributed by atoms with Gasteiger partial charge < -0.3 is 15.5 Å². The predicted octanol–water partition coefficient (Wildman–Crippen LogP) is 5.60. The summed E-state index contributed by atoms with van der Waals surface area (Å²) in [5.74, 6) is 1.62. The molecule has 0 amide bonds. The van der Waals surface area contributed by atoms with Gasteiger partial charge in [0.1, 0.15) is 0 Å². The number of nitrogens with one attached hydrogen (secondary N) is 1. The lowest BCUT2D eigenvalue weighted by atomic mass is 9.45. The van der Waals surface area contributed by atoms with Gasteiger partial charge in [0.15, 0.2) is 0 Å². The topological polar surface area (TPSA) is 52.5 Å². The van der Waals surface area contributed by atoms with Crippen molar-refractivity contribution < 1.29 is 10.2 Å². The number of allylic oxidation sites excluding steroid dienone is 2. The van der Waals surface area contributed by atoms with E-state index < -0.39 is 12.2 Å². The first-order valence-corrected chi connectivity index (χ1v) is 13.7. The third kappa shape index (κ3) is 3.56. The molecule has 0 aromatic rings. The normalized spacial score (nSPS) is 52.3. The van der Waals surface area contributed by atoms with Crippen LogP contribution in [0.3, 0.4) is 0 Å². The van der Waals surface area contributed by atoms with Crippen LogP contribution in [0.4, 0.5) is 0 Å². The third-order valence-electron chi connectivity index (χ3n) is 11.3. The van der Waals surface area contributed by atoms with E-state index in [-0.39, 0.29) is 22.7 Å². The van der Waals surface area contributed by atoms with Crippen LogP contribution in [-0.4, -0.2) is 34.5 Å². The zero-order valence-electron chi connectivity index (χ0n) is 20.3. The van der Waals surface area contributed by atoms with Crippen molar-refractivity contribution in [2.24, 2.45) is 34.5 Å². The van der Waals surface area contributed by atoms with Crippen LogP contribution in [0.5, 0.6) is 0 Å². The predicted molar refractivity (Wildman–Crippen MR) is 127 cm³/mol. The summed E-state index contributed by atoms with van der Waals surface area (Å²) in [5, 5.41) is 27.1. The summed E-state index contributed by atoms with van der Waals surface area (Å²) in [5.41, 5.74) is 2.03. The van der Waals surface area contributed by atoms with E-state index in [1.54, 1.807) is 5.57 Å². The molecule has 0 spiro atoms. The molecule has 0 radical (unpaired) electrons. The van der Waals surface area contributed by atoms with Crippen molar-refractivity contribution in [1.29, 1.82) is 0 Å². The van der Waals surface area contributed by atoms with E-state index in [0.717, 1.165) is 6.42 Å². The molecule has 5 fully saturated rings. The monoisotopic (exact) mass is 429 g/mol. The Labute approximate surface area is 190 Å². The molecule has 3 N–H and O–H groups in total. The fourth-order valence-corrected chi connectivity index (χ4v) is 9.58. The van der Waals surface area contributed by atoms with Crippen LogP contribution in [0.1, 0.15) is 104 Å². The summed E-state index contributed by atoms with van der Waals surface area (Å²) in [6, 6.07) is 1.19. The number of fused-ring (bicyclic) bond motifs is 5. The molecule has 0 aromatic carbocycles. The van der Waals surface area contributed by atoms with Crippen molar-refractivity contribution in [2.75, 3.05) is 0 Å². The second-order valence-electron chi connectivity index (χ2n) is 12.5. The Morgan fingerprint density at radius 2 is 1.55 bits per heavy atom. The summed E-state index contributed by atoms with van der Waals surface area (Å²) in [6.45, 7) is 7.16. The number of rotatable bonds is 2. The molecule has 5 aliphatic carbocycles. The highest BCUT2D eigenvalue weighted by molar-refractivity contribution is 5.25. The summed E-state index contributed by atoms with van der Waals surface area (Å²) in [6.07, 6.45) is 17.7. The highest BCUT2D eigenvalue weighted by atomic mass is 16.3. The molecule has 31 heavy (non-hydrogen) atoms. The molecule has 5 rings (SSSR count). The second kappa shape index (κ2) is 8.44. The molecule has 0 aromatic heterocycles. The van der Waals surface area contributed by atoms with Crippen molar-refractivity contribution in [3.05, 3.63) is 11.6 Å². The van der Waals surface area contributed by atoms with Gasteiger partial charge >= 0.3 is 0 Å². The molecule has 0 heterocycles. The van der Waals surface area contributed by atoms with Gasteiger partial charge in [0.25, 0.3) is 0 Å². The van der Waals surface area contributed by atoms with E-state index in [1.807, 2.05) is 0 Å². The van der Waals surface area contributed by atoms with Gasteiger partial charge in [-0.1, -0.05) is 51.2 Å². The maximum atomic E-state index is 11.6. The first-order valence-electron chi connectivity index (χ1n) is 13.7. The average molecular weight is 430 g/mol. The second-order valence-corrected chi connectivity index (χ2v) is 12.5. The SMILES string of the molecule is C/C=C1/CCC2C3C(CC[C@]12C)[C@@]1(C)CCCC(NC2CCCCC2)CC1[C@@H](O)[C@@H]3O. The van der Waals surface area contributed by atoms with Gasteiger partial charge in [-0.2, -0.15) is 0 Å². The zero-order valence-corrected chi connectivity index (χ0v) is 20.3. The Morgan fingerprint density at radius 1 is 0.806 bits per heavy atom. The zero-order chi connectivity index (χ0) is 21.8. The lowest BCUT2D eigenvalue weighted by Crippen LogP contribution is -2.62. The lowest BCUT2D eigenvalue weighted by Gasteiger charge is -2.61. The van der Waals surface area contributed by atoms with Gasteiger partial charge in [-0.15, -0.1) is 0 Å². The molecule has 0 aliphatic heterocycles. The van der Waals surface area contributed by atoms with Crippen LogP contribution < -0.4 is 5.32 Å².